The Morgan fingerprint density at radius 2 is 1.89 bits per heavy atom. The Balaban J connectivity index is 1.43. The number of amides is 1. The number of rotatable bonds is 4. The summed E-state index contributed by atoms with van der Waals surface area (Å²) in [5, 5.41) is 3.56. The molecule has 0 unspecified atom stereocenters. The molecule has 0 saturated heterocycles. The van der Waals surface area contributed by atoms with Crippen LogP contribution in [0, 0.1) is 11.8 Å². The van der Waals surface area contributed by atoms with E-state index < -0.39 is 0 Å². The van der Waals surface area contributed by atoms with E-state index in [1.807, 2.05) is 18.2 Å². The summed E-state index contributed by atoms with van der Waals surface area (Å²) < 4.78 is 3.44. The molecule has 3 aromatic rings. The van der Waals surface area contributed by atoms with Crippen LogP contribution in [0.1, 0.15) is 25.7 Å². The molecular formula is C21H23ClN4O2. The molecule has 1 aromatic carbocycles. The molecule has 1 aliphatic carbocycles. The number of hydrogen-bond donors (Lipinski definition) is 1. The molecule has 0 atom stereocenters. The second kappa shape index (κ2) is 7.80. The van der Waals surface area contributed by atoms with Crippen molar-refractivity contribution in [1.82, 2.24) is 14.1 Å². The molecule has 2 heterocycles. The number of imidazole rings is 1. The molecule has 6 nitrogen and oxygen atoms in total. The third kappa shape index (κ3) is 3.56. The minimum Gasteiger partial charge on any atom is -0.326 e. The van der Waals surface area contributed by atoms with E-state index in [1.54, 1.807) is 40.7 Å². The number of benzene rings is 1. The number of halogens is 1. The highest BCUT2D eigenvalue weighted by molar-refractivity contribution is 6.35. The molecule has 146 valence electrons. The number of pyridine rings is 1. The van der Waals surface area contributed by atoms with Gasteiger partial charge < -0.3 is 5.32 Å². The first-order valence-electron chi connectivity index (χ1n) is 9.59. The second-order valence-corrected chi connectivity index (χ2v) is 7.91. The van der Waals surface area contributed by atoms with E-state index in [0.29, 0.717) is 17.5 Å². The van der Waals surface area contributed by atoms with Crippen molar-refractivity contribution in [2.24, 2.45) is 18.9 Å². The lowest BCUT2D eigenvalue weighted by atomic mass is 9.81. The van der Waals surface area contributed by atoms with Crippen LogP contribution in [-0.4, -0.2) is 20.0 Å². The third-order valence-corrected chi connectivity index (χ3v) is 6.03. The summed E-state index contributed by atoms with van der Waals surface area (Å²) in [5.41, 5.74) is 2.39. The third-order valence-electron chi connectivity index (χ3n) is 5.72. The zero-order chi connectivity index (χ0) is 19.7. The Morgan fingerprint density at radius 1 is 1.18 bits per heavy atom. The fraction of sp³-hybridized carbons (Fsp3) is 0.381. The maximum absolute atomic E-state index is 12.7. The van der Waals surface area contributed by atoms with Crippen molar-refractivity contribution in [2.75, 3.05) is 5.32 Å². The van der Waals surface area contributed by atoms with Gasteiger partial charge in [0.2, 0.25) is 5.91 Å². The van der Waals surface area contributed by atoms with Crippen molar-refractivity contribution in [3.63, 3.8) is 0 Å². The second-order valence-electron chi connectivity index (χ2n) is 7.50. The van der Waals surface area contributed by atoms with Gasteiger partial charge in [-0.05, 0) is 55.9 Å². The first-order valence-corrected chi connectivity index (χ1v) is 9.97. The maximum Gasteiger partial charge on any atom is 0.328 e. The Bertz CT molecular complexity index is 1050. The van der Waals surface area contributed by atoms with Gasteiger partial charge in [0, 0.05) is 37.6 Å². The van der Waals surface area contributed by atoms with Crippen molar-refractivity contribution >= 4 is 34.2 Å². The first kappa shape index (κ1) is 18.7. The topological polar surface area (TPSA) is 68.9 Å². The van der Waals surface area contributed by atoms with Crippen LogP contribution in [0.4, 0.5) is 5.69 Å². The van der Waals surface area contributed by atoms with Crippen molar-refractivity contribution < 1.29 is 4.79 Å². The Morgan fingerprint density at radius 3 is 2.61 bits per heavy atom. The van der Waals surface area contributed by atoms with Crippen LogP contribution in [0.2, 0.25) is 5.02 Å². The van der Waals surface area contributed by atoms with Gasteiger partial charge in [-0.3, -0.25) is 18.9 Å². The molecule has 4 rings (SSSR count). The molecule has 1 N–H and O–H groups in total. The molecular weight excluding hydrogens is 376 g/mol. The van der Waals surface area contributed by atoms with Crippen LogP contribution in [-0.2, 0) is 18.4 Å². The fourth-order valence-corrected chi connectivity index (χ4v) is 4.41. The van der Waals surface area contributed by atoms with E-state index in [4.69, 9.17) is 11.6 Å². The maximum atomic E-state index is 12.7. The smallest absolute Gasteiger partial charge is 0.326 e. The number of nitrogens with zero attached hydrogens (tertiary/aromatic N) is 3. The number of hydrogen-bond acceptors (Lipinski definition) is 3. The normalized spacial score (nSPS) is 19.6. The summed E-state index contributed by atoms with van der Waals surface area (Å²) in [6, 6.07) is 9.18. The van der Waals surface area contributed by atoms with Crippen molar-refractivity contribution in [2.45, 2.75) is 32.2 Å². The van der Waals surface area contributed by atoms with E-state index >= 15 is 0 Å². The summed E-state index contributed by atoms with van der Waals surface area (Å²) in [5.74, 6) is 0.441. The van der Waals surface area contributed by atoms with Crippen molar-refractivity contribution in [3.05, 3.63) is 58.2 Å². The van der Waals surface area contributed by atoms with Crippen molar-refractivity contribution in [3.8, 4) is 0 Å². The number of fused-ring (bicyclic) bond motifs is 1. The Kier molecular flexibility index (Phi) is 5.22. The summed E-state index contributed by atoms with van der Waals surface area (Å²) in [6.07, 6.45) is 6.83. The molecule has 1 amide bonds. The predicted octanol–water partition coefficient (Wildman–Crippen LogP) is 3.83. The largest absolute Gasteiger partial charge is 0.328 e. The lowest BCUT2D eigenvalue weighted by Crippen LogP contribution is -2.30. The van der Waals surface area contributed by atoms with Crippen LogP contribution >= 0.6 is 11.6 Å². The molecule has 0 aliphatic heterocycles. The summed E-state index contributed by atoms with van der Waals surface area (Å²) in [4.78, 5) is 29.2. The van der Waals surface area contributed by atoms with Gasteiger partial charge in [-0.1, -0.05) is 17.7 Å². The van der Waals surface area contributed by atoms with Gasteiger partial charge in [-0.15, -0.1) is 0 Å². The number of nitrogens with one attached hydrogen (secondary N) is 1. The van der Waals surface area contributed by atoms with Gasteiger partial charge in [-0.25, -0.2) is 4.79 Å². The van der Waals surface area contributed by atoms with Gasteiger partial charge in [0.05, 0.1) is 16.1 Å². The van der Waals surface area contributed by atoms with E-state index in [-0.39, 0.29) is 17.5 Å². The first-order chi connectivity index (χ1) is 13.5. The van der Waals surface area contributed by atoms with Gasteiger partial charge >= 0.3 is 5.69 Å². The lowest BCUT2D eigenvalue weighted by molar-refractivity contribution is -0.121. The summed E-state index contributed by atoms with van der Waals surface area (Å²) >= 11 is 6.38. The Labute approximate surface area is 168 Å². The minimum atomic E-state index is -0.0411. The average Bonchev–Trinajstić information content (AvgIpc) is 2.95. The molecule has 2 aromatic heterocycles. The monoisotopic (exact) mass is 398 g/mol. The van der Waals surface area contributed by atoms with Gasteiger partial charge in [0.25, 0.3) is 0 Å². The zero-order valence-corrected chi connectivity index (χ0v) is 16.5. The standard InChI is InChI=1S/C21H23ClN4O2/c1-25-18-4-2-3-17(22)19(18)26(21(25)28)13-14-5-7-15(8-6-14)20(27)24-16-9-11-23-12-10-16/h2-4,9-12,14-15H,5-8,13H2,1H3,(H,23,24,27). The summed E-state index contributed by atoms with van der Waals surface area (Å²) in [6.45, 7) is 0.638. The number of aryl methyl sites for hydroxylation is 1. The minimum absolute atomic E-state index is 0.0113. The van der Waals surface area contributed by atoms with E-state index in [0.717, 1.165) is 42.4 Å². The number of anilines is 1. The number of carbonyl (C=O) groups excluding carboxylic acids is 1. The van der Waals surface area contributed by atoms with Crippen LogP contribution in [0.25, 0.3) is 11.0 Å². The number of carbonyl (C=O) groups is 1. The SMILES string of the molecule is Cn1c(=O)n(CC2CCC(C(=O)Nc3ccncc3)CC2)c2c(Cl)cccc21. The molecule has 1 fully saturated rings. The Hall–Kier alpha value is -2.60. The number of aromatic nitrogens is 3. The highest BCUT2D eigenvalue weighted by atomic mass is 35.5. The molecule has 0 spiro atoms. The van der Waals surface area contributed by atoms with E-state index in [9.17, 15) is 9.59 Å². The van der Waals surface area contributed by atoms with Crippen LogP contribution in [0.5, 0.6) is 0 Å². The zero-order valence-electron chi connectivity index (χ0n) is 15.8. The predicted molar refractivity (Wildman–Crippen MR) is 111 cm³/mol. The highest BCUT2D eigenvalue weighted by Crippen LogP contribution is 2.32. The quantitative estimate of drug-likeness (QED) is 0.726. The fourth-order valence-electron chi connectivity index (χ4n) is 4.14. The van der Waals surface area contributed by atoms with Gasteiger partial charge in [-0.2, -0.15) is 0 Å². The molecule has 7 heteroatoms. The molecule has 0 bridgehead atoms. The van der Waals surface area contributed by atoms with Gasteiger partial charge in [0.1, 0.15) is 0 Å². The van der Waals surface area contributed by atoms with Crippen LogP contribution in [0.15, 0.2) is 47.5 Å². The molecule has 1 aliphatic rings. The highest BCUT2D eigenvalue weighted by Gasteiger charge is 2.27. The summed E-state index contributed by atoms with van der Waals surface area (Å²) in [7, 11) is 1.78. The number of para-hydroxylation sites is 1. The van der Waals surface area contributed by atoms with Crippen molar-refractivity contribution in [1.29, 1.82) is 0 Å². The van der Waals surface area contributed by atoms with Crippen LogP contribution < -0.4 is 11.0 Å². The molecule has 0 radical (unpaired) electrons. The van der Waals surface area contributed by atoms with E-state index in [1.165, 1.54) is 0 Å². The lowest BCUT2D eigenvalue weighted by Gasteiger charge is -2.28. The van der Waals surface area contributed by atoms with Crippen LogP contribution in [0.3, 0.4) is 0 Å². The van der Waals surface area contributed by atoms with E-state index in [2.05, 4.69) is 10.3 Å². The molecule has 28 heavy (non-hydrogen) atoms. The molecule has 1 saturated carbocycles. The van der Waals surface area contributed by atoms with Gasteiger partial charge in [0.15, 0.2) is 0 Å². The average molecular weight is 399 g/mol.